The highest BCUT2D eigenvalue weighted by Gasteiger charge is 2.40. The van der Waals surface area contributed by atoms with Gasteiger partial charge in [0.15, 0.2) is 0 Å². The van der Waals surface area contributed by atoms with E-state index in [2.05, 4.69) is 0 Å². The predicted molar refractivity (Wildman–Crippen MR) is 100 cm³/mol. The van der Waals surface area contributed by atoms with E-state index in [9.17, 15) is 9.59 Å². The Morgan fingerprint density at radius 3 is 2.25 bits per heavy atom. The van der Waals surface area contributed by atoms with Crippen LogP contribution in [0.15, 0.2) is 53.4 Å². The highest BCUT2D eigenvalue weighted by atomic mass is 35.5. The van der Waals surface area contributed by atoms with Crippen LogP contribution in [0.4, 0.5) is 5.69 Å². The van der Waals surface area contributed by atoms with Gasteiger partial charge in [-0.25, -0.2) is 4.90 Å². The summed E-state index contributed by atoms with van der Waals surface area (Å²) in [6.45, 7) is 1.94. The van der Waals surface area contributed by atoms with Crippen molar-refractivity contribution in [3.05, 3.63) is 69.0 Å². The van der Waals surface area contributed by atoms with Gasteiger partial charge in [0, 0.05) is 5.02 Å². The molecule has 1 aliphatic heterocycles. The first-order valence-electron chi connectivity index (χ1n) is 7.31. The third-order valence-corrected chi connectivity index (χ3v) is 5.08. The molecule has 122 valence electrons. The average molecular weight is 378 g/mol. The molecular weight excluding hydrogens is 365 g/mol. The molecule has 0 bridgehead atoms. The minimum atomic E-state index is -0.369. The van der Waals surface area contributed by atoms with Crippen molar-refractivity contribution in [2.45, 2.75) is 6.92 Å². The monoisotopic (exact) mass is 377 g/mol. The fourth-order valence-corrected chi connectivity index (χ4v) is 3.71. The molecular formula is C18H13Cl2NO2S. The van der Waals surface area contributed by atoms with Crippen molar-refractivity contribution < 1.29 is 9.59 Å². The van der Waals surface area contributed by atoms with Crippen LogP contribution < -0.4 is 4.90 Å². The zero-order chi connectivity index (χ0) is 17.3. The van der Waals surface area contributed by atoms with Gasteiger partial charge in [0.05, 0.1) is 21.2 Å². The maximum atomic E-state index is 13.0. The molecule has 0 aromatic heterocycles. The van der Waals surface area contributed by atoms with Gasteiger partial charge in [-0.3, -0.25) is 9.59 Å². The number of rotatable bonds is 4. The predicted octanol–water partition coefficient (Wildman–Crippen LogP) is 5.03. The van der Waals surface area contributed by atoms with Gasteiger partial charge < -0.3 is 0 Å². The van der Waals surface area contributed by atoms with E-state index < -0.39 is 0 Å². The third kappa shape index (κ3) is 2.97. The van der Waals surface area contributed by atoms with E-state index in [4.69, 9.17) is 23.2 Å². The van der Waals surface area contributed by atoms with Crippen molar-refractivity contribution in [1.29, 1.82) is 0 Å². The Labute approximate surface area is 154 Å². The Kier molecular flexibility index (Phi) is 4.99. The van der Waals surface area contributed by atoms with Gasteiger partial charge in [-0.05, 0) is 35.6 Å². The van der Waals surface area contributed by atoms with E-state index in [0.717, 1.165) is 4.90 Å². The van der Waals surface area contributed by atoms with Gasteiger partial charge in [0.2, 0.25) is 0 Å². The second kappa shape index (κ2) is 7.01. The average Bonchev–Trinajstić information content (AvgIpc) is 2.81. The van der Waals surface area contributed by atoms with Gasteiger partial charge in [-0.15, -0.1) is 11.8 Å². The number of hydrogen-bond donors (Lipinski definition) is 0. The van der Waals surface area contributed by atoms with Crippen LogP contribution in [-0.4, -0.2) is 17.6 Å². The van der Waals surface area contributed by atoms with E-state index in [-0.39, 0.29) is 11.8 Å². The van der Waals surface area contributed by atoms with Gasteiger partial charge in [-0.1, -0.05) is 54.4 Å². The zero-order valence-corrected chi connectivity index (χ0v) is 15.1. The van der Waals surface area contributed by atoms with Crippen LogP contribution in [0.25, 0.3) is 5.57 Å². The fraction of sp³-hybridized carbons (Fsp3) is 0.111. The molecule has 6 heteroatoms. The SMILES string of the molecule is CCSC1=C(c2ccc(Cl)cc2)C(=O)N(c2ccccc2Cl)C1=O. The van der Waals surface area contributed by atoms with Crippen LogP contribution in [0, 0.1) is 0 Å². The van der Waals surface area contributed by atoms with E-state index >= 15 is 0 Å². The van der Waals surface area contributed by atoms with Crippen molar-refractivity contribution in [3.8, 4) is 0 Å². The van der Waals surface area contributed by atoms with E-state index in [0.29, 0.717) is 37.5 Å². The van der Waals surface area contributed by atoms with Crippen molar-refractivity contribution in [3.63, 3.8) is 0 Å². The summed E-state index contributed by atoms with van der Waals surface area (Å²) in [5.74, 6) is -0.0294. The van der Waals surface area contributed by atoms with E-state index in [1.807, 2.05) is 6.92 Å². The molecule has 0 radical (unpaired) electrons. The number of benzene rings is 2. The Hall–Kier alpha value is -1.75. The zero-order valence-electron chi connectivity index (χ0n) is 12.8. The Balaban J connectivity index is 2.12. The highest BCUT2D eigenvalue weighted by molar-refractivity contribution is 8.04. The number of amides is 2. The molecule has 3 rings (SSSR count). The van der Waals surface area contributed by atoms with Gasteiger partial charge in [-0.2, -0.15) is 0 Å². The topological polar surface area (TPSA) is 37.4 Å². The molecule has 1 aliphatic rings. The first kappa shape index (κ1) is 17.1. The maximum absolute atomic E-state index is 13.0. The van der Waals surface area contributed by atoms with E-state index in [1.54, 1.807) is 48.5 Å². The molecule has 2 aromatic carbocycles. The molecule has 0 atom stereocenters. The second-order valence-corrected chi connectivity index (χ2v) is 7.16. The Bertz CT molecular complexity index is 846. The lowest BCUT2D eigenvalue weighted by atomic mass is 10.1. The number of para-hydroxylation sites is 1. The summed E-state index contributed by atoms with van der Waals surface area (Å²) in [6, 6.07) is 13.7. The van der Waals surface area contributed by atoms with Crippen LogP contribution in [0.2, 0.25) is 10.0 Å². The number of hydrogen-bond acceptors (Lipinski definition) is 3. The first-order valence-corrected chi connectivity index (χ1v) is 9.05. The molecule has 0 unspecified atom stereocenters. The third-order valence-electron chi connectivity index (χ3n) is 3.56. The summed E-state index contributed by atoms with van der Waals surface area (Å²) in [6.07, 6.45) is 0. The summed E-state index contributed by atoms with van der Waals surface area (Å²) >= 11 is 13.5. The molecule has 3 nitrogen and oxygen atoms in total. The number of carbonyl (C=O) groups is 2. The minimum absolute atomic E-state index is 0.343. The molecule has 0 saturated carbocycles. The molecule has 0 N–H and O–H groups in total. The van der Waals surface area contributed by atoms with E-state index in [1.165, 1.54) is 11.8 Å². The molecule has 1 heterocycles. The van der Waals surface area contributed by atoms with Gasteiger partial charge >= 0.3 is 0 Å². The molecule has 0 saturated heterocycles. The second-order valence-electron chi connectivity index (χ2n) is 5.04. The van der Waals surface area contributed by atoms with Crippen LogP contribution in [0.5, 0.6) is 0 Å². The number of imide groups is 1. The number of nitrogens with zero attached hydrogens (tertiary/aromatic N) is 1. The summed E-state index contributed by atoms with van der Waals surface area (Å²) in [7, 11) is 0. The summed E-state index contributed by atoms with van der Waals surface area (Å²) in [4.78, 5) is 27.4. The molecule has 0 spiro atoms. The lowest BCUT2D eigenvalue weighted by Crippen LogP contribution is -2.31. The molecule has 24 heavy (non-hydrogen) atoms. The Morgan fingerprint density at radius 1 is 0.958 bits per heavy atom. The molecule has 2 amide bonds. The minimum Gasteiger partial charge on any atom is -0.268 e. The number of halogens is 2. The quantitative estimate of drug-likeness (QED) is 0.701. The van der Waals surface area contributed by atoms with Gasteiger partial charge in [0.25, 0.3) is 11.8 Å². The molecule has 2 aromatic rings. The van der Waals surface area contributed by atoms with Crippen molar-refractivity contribution in [2.24, 2.45) is 0 Å². The summed E-state index contributed by atoms with van der Waals surface area (Å²) in [5, 5.41) is 0.932. The normalized spacial score (nSPS) is 14.7. The Morgan fingerprint density at radius 2 is 1.62 bits per heavy atom. The van der Waals surface area contributed by atoms with Crippen molar-refractivity contribution in [2.75, 3.05) is 10.7 Å². The highest BCUT2D eigenvalue weighted by Crippen LogP contribution is 2.40. The number of carbonyl (C=O) groups excluding carboxylic acids is 2. The smallest absolute Gasteiger partial charge is 0.268 e. The lowest BCUT2D eigenvalue weighted by molar-refractivity contribution is -0.119. The summed E-state index contributed by atoms with van der Waals surface area (Å²) in [5.41, 5.74) is 1.46. The number of anilines is 1. The summed E-state index contributed by atoms with van der Waals surface area (Å²) < 4.78 is 0. The maximum Gasteiger partial charge on any atom is 0.272 e. The van der Waals surface area contributed by atoms with Gasteiger partial charge in [0.1, 0.15) is 0 Å². The molecule has 0 aliphatic carbocycles. The van der Waals surface area contributed by atoms with Crippen LogP contribution in [-0.2, 0) is 9.59 Å². The standard InChI is InChI=1S/C18H13Cl2NO2S/c1-2-24-16-15(11-7-9-12(19)10-8-11)17(22)21(18(16)23)14-6-4-3-5-13(14)20/h3-10H,2H2,1H3. The molecule has 0 fully saturated rings. The first-order chi connectivity index (χ1) is 11.5. The number of thioether (sulfide) groups is 1. The van der Waals surface area contributed by atoms with Crippen molar-refractivity contribution in [1.82, 2.24) is 0 Å². The lowest BCUT2D eigenvalue weighted by Gasteiger charge is -2.16. The van der Waals surface area contributed by atoms with Crippen LogP contribution >= 0.6 is 35.0 Å². The van der Waals surface area contributed by atoms with Crippen molar-refractivity contribution >= 4 is 58.0 Å². The fourth-order valence-electron chi connectivity index (χ4n) is 2.51. The van der Waals surface area contributed by atoms with Crippen LogP contribution in [0.3, 0.4) is 0 Å². The largest absolute Gasteiger partial charge is 0.272 e. The van der Waals surface area contributed by atoms with Crippen LogP contribution in [0.1, 0.15) is 12.5 Å².